The van der Waals surface area contributed by atoms with Crippen molar-refractivity contribution in [3.8, 4) is 0 Å². The monoisotopic (exact) mass is 563 g/mol. The zero-order valence-corrected chi connectivity index (χ0v) is 24.6. The van der Waals surface area contributed by atoms with Crippen LogP contribution in [0.1, 0.15) is 107 Å². The summed E-state index contributed by atoms with van der Waals surface area (Å²) < 4.78 is 14.2. The second-order valence-corrected chi connectivity index (χ2v) is 12.1. The Kier molecular flexibility index (Phi) is 9.30. The highest BCUT2D eigenvalue weighted by atomic mass is 19.1. The van der Waals surface area contributed by atoms with E-state index in [-0.39, 0.29) is 36.2 Å². The number of carboxylic acids is 1. The van der Waals surface area contributed by atoms with Gasteiger partial charge >= 0.3 is 5.97 Å². The summed E-state index contributed by atoms with van der Waals surface area (Å²) in [5, 5.41) is 11.5. The van der Waals surface area contributed by atoms with Crippen LogP contribution < -0.4 is 5.32 Å². The van der Waals surface area contributed by atoms with E-state index in [1.54, 1.807) is 24.3 Å². The summed E-state index contributed by atoms with van der Waals surface area (Å²) in [6.45, 7) is 8.99. The van der Waals surface area contributed by atoms with Crippen molar-refractivity contribution in [1.82, 2.24) is 10.2 Å². The number of aliphatic carboxylic acids is 1. The zero-order chi connectivity index (χ0) is 29.8. The predicted molar refractivity (Wildman–Crippen MR) is 157 cm³/mol. The molecule has 2 N–H and O–H groups in total. The van der Waals surface area contributed by atoms with Crippen molar-refractivity contribution in [1.29, 1.82) is 0 Å². The maximum atomic E-state index is 14.2. The predicted octanol–water partition coefficient (Wildman–Crippen LogP) is 6.53. The Balaban J connectivity index is 1.67. The molecule has 1 atom stereocenters. The van der Waals surface area contributed by atoms with Crippen LogP contribution in [0.25, 0.3) is 0 Å². The molecule has 1 spiro atoms. The Labute approximate surface area is 242 Å². The molecule has 220 valence electrons. The van der Waals surface area contributed by atoms with Gasteiger partial charge in [-0.15, -0.1) is 0 Å². The van der Waals surface area contributed by atoms with Gasteiger partial charge in [-0.1, -0.05) is 64.8 Å². The number of carboxylic acid groups (broad SMARTS) is 1. The van der Waals surface area contributed by atoms with Gasteiger partial charge in [0.1, 0.15) is 17.2 Å². The van der Waals surface area contributed by atoms with E-state index in [1.165, 1.54) is 12.1 Å². The van der Waals surface area contributed by atoms with Crippen molar-refractivity contribution >= 4 is 23.5 Å². The lowest BCUT2D eigenvalue weighted by atomic mass is 9.67. The summed E-state index contributed by atoms with van der Waals surface area (Å²) in [5.41, 5.74) is 1.65. The Morgan fingerprint density at radius 2 is 1.83 bits per heavy atom. The lowest BCUT2D eigenvalue weighted by Crippen LogP contribution is -2.51. The molecule has 1 heterocycles. The van der Waals surface area contributed by atoms with Gasteiger partial charge < -0.3 is 15.3 Å². The lowest BCUT2D eigenvalue weighted by Gasteiger charge is -2.48. The van der Waals surface area contributed by atoms with Gasteiger partial charge in [-0.05, 0) is 73.3 Å². The zero-order valence-electron chi connectivity index (χ0n) is 24.6. The number of aliphatic imine (C=N–C) groups is 1. The molecule has 2 aromatic rings. The van der Waals surface area contributed by atoms with Crippen LogP contribution >= 0.6 is 0 Å². The number of carbonyl (C=O) groups is 3. The molecule has 1 aliphatic carbocycles. The molecule has 0 radical (unpaired) electrons. The van der Waals surface area contributed by atoms with Crippen molar-refractivity contribution < 1.29 is 23.9 Å². The average molecular weight is 564 g/mol. The first-order valence-electron chi connectivity index (χ1n) is 14.8. The van der Waals surface area contributed by atoms with Gasteiger partial charge in [-0.25, -0.2) is 4.39 Å². The number of halogens is 1. The summed E-state index contributed by atoms with van der Waals surface area (Å²) in [5.74, 6) is -1.36. The van der Waals surface area contributed by atoms with Gasteiger partial charge in [-0.3, -0.25) is 19.4 Å². The van der Waals surface area contributed by atoms with E-state index in [0.29, 0.717) is 29.2 Å². The molecule has 0 bridgehead atoms. The summed E-state index contributed by atoms with van der Waals surface area (Å²) in [4.78, 5) is 44.6. The minimum absolute atomic E-state index is 0.0508. The van der Waals surface area contributed by atoms with Gasteiger partial charge in [0.05, 0.1) is 12.5 Å². The smallest absolute Gasteiger partial charge is 0.305 e. The molecule has 0 aromatic heterocycles. The molecule has 0 saturated heterocycles. The molecule has 2 aliphatic rings. The summed E-state index contributed by atoms with van der Waals surface area (Å²) >= 11 is 0. The number of benzene rings is 2. The molecule has 8 heteroatoms. The summed E-state index contributed by atoms with van der Waals surface area (Å²) in [6, 6.07) is 13.0. The van der Waals surface area contributed by atoms with Gasteiger partial charge in [-0.2, -0.15) is 0 Å². The highest BCUT2D eigenvalue weighted by Gasteiger charge is 2.52. The van der Waals surface area contributed by atoms with Crippen LogP contribution in [0.3, 0.4) is 0 Å². The van der Waals surface area contributed by atoms with Crippen LogP contribution in [-0.4, -0.2) is 45.7 Å². The Bertz CT molecular complexity index is 1300. The van der Waals surface area contributed by atoms with E-state index in [0.717, 1.165) is 44.1 Å². The molecule has 2 amide bonds. The maximum Gasteiger partial charge on any atom is 0.305 e. The topological polar surface area (TPSA) is 99.1 Å². The fraction of sp³-hybridized carbons (Fsp3) is 0.515. The Morgan fingerprint density at radius 1 is 1.15 bits per heavy atom. The summed E-state index contributed by atoms with van der Waals surface area (Å²) in [7, 11) is 0. The van der Waals surface area contributed by atoms with E-state index in [1.807, 2.05) is 17.0 Å². The third-order valence-corrected chi connectivity index (χ3v) is 9.15. The van der Waals surface area contributed by atoms with Crippen LogP contribution in [0, 0.1) is 17.2 Å². The minimum atomic E-state index is -0.973. The Hall–Kier alpha value is -3.55. The fourth-order valence-electron chi connectivity index (χ4n) is 6.33. The van der Waals surface area contributed by atoms with Gasteiger partial charge in [0, 0.05) is 17.7 Å². The van der Waals surface area contributed by atoms with Gasteiger partial charge in [0.15, 0.2) is 0 Å². The number of carbonyl (C=O) groups excluding carboxylic acids is 2. The largest absolute Gasteiger partial charge is 0.481 e. The second-order valence-electron chi connectivity index (χ2n) is 12.1. The number of hydrogen-bond donors (Lipinski definition) is 2. The van der Waals surface area contributed by atoms with Crippen LogP contribution in [0.2, 0.25) is 0 Å². The number of rotatable bonds is 11. The van der Waals surface area contributed by atoms with E-state index in [4.69, 9.17) is 10.1 Å². The lowest BCUT2D eigenvalue weighted by molar-refractivity contribution is -0.137. The molecule has 1 fully saturated rings. The number of nitrogens with zero attached hydrogens (tertiary/aromatic N) is 2. The van der Waals surface area contributed by atoms with Crippen LogP contribution in [0.4, 0.5) is 4.39 Å². The van der Waals surface area contributed by atoms with Crippen molar-refractivity contribution in [2.45, 2.75) is 90.8 Å². The van der Waals surface area contributed by atoms with E-state index < -0.39 is 17.4 Å². The first kappa shape index (κ1) is 30.4. The van der Waals surface area contributed by atoms with E-state index in [2.05, 4.69) is 33.0 Å². The first-order valence-corrected chi connectivity index (χ1v) is 14.8. The minimum Gasteiger partial charge on any atom is -0.481 e. The molecule has 1 aliphatic heterocycles. The third-order valence-electron chi connectivity index (χ3n) is 9.15. The van der Waals surface area contributed by atoms with E-state index in [9.17, 15) is 18.8 Å². The van der Waals surface area contributed by atoms with Gasteiger partial charge in [0.2, 0.25) is 0 Å². The van der Waals surface area contributed by atoms with Crippen molar-refractivity contribution in [2.24, 2.45) is 16.3 Å². The number of nitrogens with one attached hydrogen (secondary N) is 1. The van der Waals surface area contributed by atoms with Crippen LogP contribution in [-0.2, 0) is 9.59 Å². The van der Waals surface area contributed by atoms with Crippen molar-refractivity contribution in [2.75, 3.05) is 6.54 Å². The molecule has 1 saturated carbocycles. The standard InChI is InChI=1S/C33H42FN3O4/c1-5-8-27(22-11-13-23(14-12-22)30(40)35-20-17-28(38)39)37-31(41)29(24-9-7-10-26(34)21-24)36-33(37)18-15-25(16-19-33)32(3,4)6-2/h7,9-14,21,25,27H,5-6,8,15-20H2,1-4H3,(H,35,40)(H,38,39). The third kappa shape index (κ3) is 6.52. The fourth-order valence-corrected chi connectivity index (χ4v) is 6.33. The summed E-state index contributed by atoms with van der Waals surface area (Å²) in [6.07, 6.45) is 5.89. The highest BCUT2D eigenvalue weighted by Crippen LogP contribution is 2.50. The highest BCUT2D eigenvalue weighted by molar-refractivity contribution is 6.46. The second kappa shape index (κ2) is 12.5. The number of amides is 2. The molecule has 7 nitrogen and oxygen atoms in total. The number of hydrogen-bond acceptors (Lipinski definition) is 4. The van der Waals surface area contributed by atoms with Crippen molar-refractivity contribution in [3.05, 3.63) is 71.0 Å². The normalized spacial score (nSPS) is 21.6. The molecular formula is C33H42FN3O4. The van der Waals surface area contributed by atoms with Gasteiger partial charge in [0.25, 0.3) is 11.8 Å². The molecule has 1 unspecified atom stereocenters. The first-order chi connectivity index (χ1) is 19.5. The SMILES string of the molecule is CCCC(c1ccc(C(=O)NCCC(=O)O)cc1)N1C(=O)C(c2cccc(F)c2)=NC12CCC(C(C)(C)CC)CC2. The molecule has 4 rings (SSSR count). The molecule has 2 aromatic carbocycles. The van der Waals surface area contributed by atoms with Crippen LogP contribution in [0.5, 0.6) is 0 Å². The molecule has 41 heavy (non-hydrogen) atoms. The van der Waals surface area contributed by atoms with Crippen molar-refractivity contribution in [3.63, 3.8) is 0 Å². The average Bonchev–Trinajstić information content (AvgIpc) is 3.22. The Morgan fingerprint density at radius 3 is 2.41 bits per heavy atom. The maximum absolute atomic E-state index is 14.2. The molecular weight excluding hydrogens is 521 g/mol. The van der Waals surface area contributed by atoms with E-state index >= 15 is 0 Å². The quantitative estimate of drug-likeness (QED) is 0.325. The van der Waals surface area contributed by atoms with Crippen LogP contribution in [0.15, 0.2) is 53.5 Å².